The lowest BCUT2D eigenvalue weighted by atomic mass is 10.1. The molecule has 2 aromatic carbocycles. The van der Waals surface area contributed by atoms with Crippen LogP contribution in [0.5, 0.6) is 0 Å². The number of halogens is 2. The van der Waals surface area contributed by atoms with Crippen LogP contribution >= 0.6 is 27.5 Å². The highest BCUT2D eigenvalue weighted by Crippen LogP contribution is 2.26. The van der Waals surface area contributed by atoms with Gasteiger partial charge in [-0.05, 0) is 39.7 Å². The molecule has 1 N–H and O–H groups in total. The minimum Gasteiger partial charge on any atom is -0.325 e. The van der Waals surface area contributed by atoms with Gasteiger partial charge < -0.3 is 5.32 Å². The third-order valence-electron chi connectivity index (χ3n) is 2.69. The van der Waals surface area contributed by atoms with Crippen molar-refractivity contribution < 1.29 is 9.72 Å². The topological polar surface area (TPSA) is 72.2 Å². The zero-order chi connectivity index (χ0) is 15.4. The van der Waals surface area contributed by atoms with Crippen LogP contribution in [0.15, 0.2) is 46.9 Å². The van der Waals surface area contributed by atoms with Gasteiger partial charge in [0.2, 0.25) is 5.91 Å². The molecular formula is C14H10BrClN2O3. The maximum atomic E-state index is 12.0. The van der Waals surface area contributed by atoms with Gasteiger partial charge in [-0.3, -0.25) is 14.9 Å². The van der Waals surface area contributed by atoms with E-state index in [0.29, 0.717) is 20.7 Å². The van der Waals surface area contributed by atoms with Crippen molar-refractivity contribution in [2.24, 2.45) is 0 Å². The number of nitrogens with zero attached hydrogens (tertiary/aromatic N) is 1. The number of hydrogen-bond donors (Lipinski definition) is 1. The average Bonchev–Trinajstić information content (AvgIpc) is 2.42. The van der Waals surface area contributed by atoms with Gasteiger partial charge in [-0.2, -0.15) is 0 Å². The number of anilines is 1. The molecular weight excluding hydrogens is 360 g/mol. The lowest BCUT2D eigenvalue weighted by Crippen LogP contribution is -2.14. The Kier molecular flexibility index (Phi) is 4.93. The number of carbonyl (C=O) groups excluding carboxylic acids is 1. The maximum absolute atomic E-state index is 12.0. The Morgan fingerprint density at radius 2 is 2.05 bits per heavy atom. The summed E-state index contributed by atoms with van der Waals surface area (Å²) >= 11 is 9.13. The van der Waals surface area contributed by atoms with E-state index in [2.05, 4.69) is 21.2 Å². The van der Waals surface area contributed by atoms with Crippen molar-refractivity contribution in [1.82, 2.24) is 0 Å². The van der Waals surface area contributed by atoms with E-state index in [1.807, 2.05) is 0 Å². The fraction of sp³-hybridized carbons (Fsp3) is 0.0714. The fourth-order valence-corrected chi connectivity index (χ4v) is 2.53. The molecule has 0 unspecified atom stereocenters. The molecule has 0 saturated heterocycles. The van der Waals surface area contributed by atoms with Crippen molar-refractivity contribution in [2.45, 2.75) is 6.42 Å². The fourth-order valence-electron chi connectivity index (χ4n) is 1.75. The molecule has 2 rings (SSSR count). The van der Waals surface area contributed by atoms with Gasteiger partial charge in [-0.25, -0.2) is 0 Å². The Hall–Kier alpha value is -1.92. The smallest absolute Gasteiger partial charge is 0.269 e. The molecule has 0 aromatic heterocycles. The highest BCUT2D eigenvalue weighted by Gasteiger charge is 2.10. The summed E-state index contributed by atoms with van der Waals surface area (Å²) in [6.45, 7) is 0. The zero-order valence-corrected chi connectivity index (χ0v) is 13.0. The Labute approximate surface area is 134 Å². The molecule has 7 heteroatoms. The van der Waals surface area contributed by atoms with E-state index in [-0.39, 0.29) is 18.0 Å². The summed E-state index contributed by atoms with van der Waals surface area (Å²) in [4.78, 5) is 22.2. The lowest BCUT2D eigenvalue weighted by molar-refractivity contribution is -0.384. The van der Waals surface area contributed by atoms with Crippen LogP contribution in [0.25, 0.3) is 0 Å². The second kappa shape index (κ2) is 6.69. The number of non-ortho nitro benzene ring substituents is 1. The van der Waals surface area contributed by atoms with Crippen LogP contribution < -0.4 is 5.32 Å². The van der Waals surface area contributed by atoms with Crippen molar-refractivity contribution in [2.75, 3.05) is 5.32 Å². The molecule has 0 aliphatic carbocycles. The van der Waals surface area contributed by atoms with Gasteiger partial charge in [0.15, 0.2) is 0 Å². The number of carbonyl (C=O) groups is 1. The van der Waals surface area contributed by atoms with Crippen LogP contribution in [0.4, 0.5) is 11.4 Å². The number of nitro benzene ring substituents is 1. The molecule has 0 atom stereocenters. The summed E-state index contributed by atoms with van der Waals surface area (Å²) in [6, 6.07) is 11.0. The molecule has 0 spiro atoms. The summed E-state index contributed by atoms with van der Waals surface area (Å²) in [5, 5.41) is 14.0. The summed E-state index contributed by atoms with van der Waals surface area (Å²) in [5.74, 6) is -0.265. The van der Waals surface area contributed by atoms with Gasteiger partial charge in [0.25, 0.3) is 5.69 Å². The molecule has 0 saturated carbocycles. The van der Waals surface area contributed by atoms with Crippen LogP contribution in [0, 0.1) is 10.1 Å². The van der Waals surface area contributed by atoms with E-state index in [9.17, 15) is 14.9 Å². The predicted molar refractivity (Wildman–Crippen MR) is 84.6 cm³/mol. The molecule has 0 aliphatic heterocycles. The van der Waals surface area contributed by atoms with Gasteiger partial charge in [0.05, 0.1) is 17.0 Å². The summed E-state index contributed by atoms with van der Waals surface area (Å²) in [5.41, 5.74) is 1.13. The second-order valence-electron chi connectivity index (χ2n) is 4.28. The minimum atomic E-state index is -0.489. The minimum absolute atomic E-state index is 0.0343. The first kappa shape index (κ1) is 15.5. The molecule has 21 heavy (non-hydrogen) atoms. The Bertz CT molecular complexity index is 706. The van der Waals surface area contributed by atoms with Crippen LogP contribution in [0.1, 0.15) is 5.56 Å². The normalized spacial score (nSPS) is 10.2. The van der Waals surface area contributed by atoms with Gasteiger partial charge in [-0.15, -0.1) is 0 Å². The zero-order valence-electron chi connectivity index (χ0n) is 10.7. The van der Waals surface area contributed by atoms with Crippen LogP contribution in [0.2, 0.25) is 5.02 Å². The molecule has 1 amide bonds. The number of hydrogen-bond acceptors (Lipinski definition) is 3. The molecule has 108 valence electrons. The summed E-state index contributed by atoms with van der Waals surface area (Å²) in [6.07, 6.45) is 0.0523. The number of amides is 1. The average molecular weight is 370 g/mol. The molecule has 2 aromatic rings. The van der Waals surface area contributed by atoms with Crippen molar-refractivity contribution in [3.63, 3.8) is 0 Å². The number of rotatable bonds is 4. The maximum Gasteiger partial charge on any atom is 0.269 e. The van der Waals surface area contributed by atoms with Gasteiger partial charge in [0, 0.05) is 21.6 Å². The number of benzene rings is 2. The highest BCUT2D eigenvalue weighted by atomic mass is 79.9. The molecule has 0 heterocycles. The SMILES string of the molecule is O=C(Cc1cccc([N+](=O)[O-])c1)Nc1ccc(Cl)cc1Br. The predicted octanol–water partition coefficient (Wildman–Crippen LogP) is 4.19. The van der Waals surface area contributed by atoms with Gasteiger partial charge >= 0.3 is 0 Å². The van der Waals surface area contributed by atoms with E-state index in [4.69, 9.17) is 11.6 Å². The third-order valence-corrected chi connectivity index (χ3v) is 3.58. The van der Waals surface area contributed by atoms with E-state index in [1.165, 1.54) is 12.1 Å². The number of nitro groups is 1. The van der Waals surface area contributed by atoms with Crippen LogP contribution in [-0.2, 0) is 11.2 Å². The number of nitrogens with one attached hydrogen (secondary N) is 1. The van der Waals surface area contributed by atoms with Crippen molar-refractivity contribution in [3.8, 4) is 0 Å². The van der Waals surface area contributed by atoms with Crippen molar-refractivity contribution in [3.05, 3.63) is 67.6 Å². The standard InChI is InChI=1S/C14H10BrClN2O3/c15-12-8-10(16)4-5-13(12)17-14(19)7-9-2-1-3-11(6-9)18(20)21/h1-6,8H,7H2,(H,17,19). The quantitative estimate of drug-likeness (QED) is 0.648. The lowest BCUT2D eigenvalue weighted by Gasteiger charge is -2.07. The molecule has 0 fully saturated rings. The van der Waals surface area contributed by atoms with Crippen LogP contribution in [-0.4, -0.2) is 10.8 Å². The van der Waals surface area contributed by atoms with E-state index >= 15 is 0 Å². The molecule has 0 bridgehead atoms. The first-order valence-electron chi connectivity index (χ1n) is 5.94. The van der Waals surface area contributed by atoms with Gasteiger partial charge in [-0.1, -0.05) is 23.7 Å². The molecule has 0 radical (unpaired) electrons. The van der Waals surface area contributed by atoms with E-state index in [1.54, 1.807) is 30.3 Å². The van der Waals surface area contributed by atoms with E-state index in [0.717, 1.165) is 0 Å². The van der Waals surface area contributed by atoms with Crippen molar-refractivity contribution >= 4 is 44.8 Å². The Morgan fingerprint density at radius 1 is 1.29 bits per heavy atom. The summed E-state index contributed by atoms with van der Waals surface area (Å²) in [7, 11) is 0. The second-order valence-corrected chi connectivity index (χ2v) is 5.57. The molecule has 0 aliphatic rings. The Balaban J connectivity index is 2.08. The summed E-state index contributed by atoms with van der Waals surface area (Å²) < 4.78 is 0.669. The third kappa shape index (κ3) is 4.27. The van der Waals surface area contributed by atoms with Gasteiger partial charge in [0.1, 0.15) is 0 Å². The highest BCUT2D eigenvalue weighted by molar-refractivity contribution is 9.10. The first-order valence-corrected chi connectivity index (χ1v) is 7.11. The largest absolute Gasteiger partial charge is 0.325 e. The molecule has 5 nitrogen and oxygen atoms in total. The van der Waals surface area contributed by atoms with Crippen molar-refractivity contribution in [1.29, 1.82) is 0 Å². The Morgan fingerprint density at radius 3 is 2.71 bits per heavy atom. The van der Waals surface area contributed by atoms with Crippen LogP contribution in [0.3, 0.4) is 0 Å². The monoisotopic (exact) mass is 368 g/mol. The van der Waals surface area contributed by atoms with E-state index < -0.39 is 4.92 Å². The first-order chi connectivity index (χ1) is 9.95.